The molecule has 0 atom stereocenters. The fourth-order valence-electron chi connectivity index (χ4n) is 2.53. The summed E-state index contributed by atoms with van der Waals surface area (Å²) < 4.78 is 6.07. The van der Waals surface area contributed by atoms with E-state index in [-0.39, 0.29) is 0 Å². The first-order chi connectivity index (χ1) is 10.4. The van der Waals surface area contributed by atoms with E-state index >= 15 is 0 Å². The lowest BCUT2D eigenvalue weighted by molar-refractivity contribution is 0.489. The Hall–Kier alpha value is -2.87. The molecule has 0 N–H and O–H groups in total. The van der Waals surface area contributed by atoms with Crippen molar-refractivity contribution in [3.8, 4) is 11.5 Å². The molecule has 0 bridgehead atoms. The number of benzene rings is 3. The quantitative estimate of drug-likeness (QED) is 0.501. The fourth-order valence-corrected chi connectivity index (χ4v) is 2.53. The van der Waals surface area contributed by atoms with Crippen molar-refractivity contribution in [1.82, 2.24) is 4.98 Å². The van der Waals surface area contributed by atoms with E-state index < -0.39 is 0 Å². The average Bonchev–Trinajstić information content (AvgIpc) is 2.55. The van der Waals surface area contributed by atoms with Crippen LogP contribution in [0, 0.1) is 0 Å². The van der Waals surface area contributed by atoms with Crippen LogP contribution in [0.2, 0.25) is 0 Å². The van der Waals surface area contributed by atoms with Gasteiger partial charge in [0, 0.05) is 17.0 Å². The van der Waals surface area contributed by atoms with Crippen LogP contribution in [0.25, 0.3) is 21.7 Å². The fraction of sp³-hybridized carbons (Fsp3) is 0. The lowest BCUT2D eigenvalue weighted by Gasteiger charge is -2.09. The minimum absolute atomic E-state index is 0.826. The summed E-state index contributed by atoms with van der Waals surface area (Å²) in [5.41, 5.74) is 0.975. The molecular formula is C19H13NO. The predicted molar refractivity (Wildman–Crippen MR) is 85.8 cm³/mol. The van der Waals surface area contributed by atoms with Crippen LogP contribution in [0.3, 0.4) is 0 Å². The van der Waals surface area contributed by atoms with E-state index in [9.17, 15) is 0 Å². The number of ether oxygens (including phenoxy) is 1. The molecule has 2 heteroatoms. The van der Waals surface area contributed by atoms with Crippen LogP contribution < -0.4 is 4.74 Å². The Morgan fingerprint density at radius 3 is 2.57 bits per heavy atom. The predicted octanol–water partition coefficient (Wildman–Crippen LogP) is 5.18. The maximum Gasteiger partial charge on any atom is 0.135 e. The SMILES string of the molecule is c1cnc2ccc(Oc3cccc4ccccc34)cc2c1. The van der Waals surface area contributed by atoms with Crippen LogP contribution in [0.1, 0.15) is 0 Å². The molecule has 0 unspecified atom stereocenters. The highest BCUT2D eigenvalue weighted by Gasteiger charge is 2.04. The molecule has 0 saturated heterocycles. The van der Waals surface area contributed by atoms with Gasteiger partial charge in [-0.1, -0.05) is 42.5 Å². The highest BCUT2D eigenvalue weighted by molar-refractivity contribution is 5.88. The first kappa shape index (κ1) is 11.9. The van der Waals surface area contributed by atoms with Gasteiger partial charge in [-0.2, -0.15) is 0 Å². The smallest absolute Gasteiger partial charge is 0.135 e. The van der Waals surface area contributed by atoms with Gasteiger partial charge >= 0.3 is 0 Å². The van der Waals surface area contributed by atoms with Gasteiger partial charge in [-0.15, -0.1) is 0 Å². The van der Waals surface area contributed by atoms with Gasteiger partial charge in [0.25, 0.3) is 0 Å². The molecule has 0 radical (unpaired) electrons. The molecule has 0 saturated carbocycles. The van der Waals surface area contributed by atoms with Crippen LogP contribution in [0.15, 0.2) is 79.0 Å². The molecule has 3 aromatic carbocycles. The van der Waals surface area contributed by atoms with Crippen molar-refractivity contribution in [3.63, 3.8) is 0 Å². The summed E-state index contributed by atoms with van der Waals surface area (Å²) in [6.45, 7) is 0. The van der Waals surface area contributed by atoms with E-state index in [1.807, 2.05) is 54.6 Å². The Bertz CT molecular complexity index is 925. The van der Waals surface area contributed by atoms with Crippen LogP contribution in [0.5, 0.6) is 11.5 Å². The number of pyridine rings is 1. The van der Waals surface area contributed by atoms with E-state index in [0.717, 1.165) is 27.8 Å². The Balaban J connectivity index is 1.79. The Morgan fingerprint density at radius 2 is 1.57 bits per heavy atom. The Labute approximate surface area is 122 Å². The first-order valence-electron chi connectivity index (χ1n) is 6.90. The largest absolute Gasteiger partial charge is 0.457 e. The van der Waals surface area contributed by atoms with Gasteiger partial charge in [-0.3, -0.25) is 4.98 Å². The number of aromatic nitrogens is 1. The van der Waals surface area contributed by atoms with E-state index in [2.05, 4.69) is 23.2 Å². The van der Waals surface area contributed by atoms with Gasteiger partial charge in [0.15, 0.2) is 0 Å². The van der Waals surface area contributed by atoms with Crippen molar-refractivity contribution in [3.05, 3.63) is 79.0 Å². The molecule has 0 aliphatic rings. The second kappa shape index (κ2) is 4.91. The third-order valence-electron chi connectivity index (χ3n) is 3.55. The van der Waals surface area contributed by atoms with Crippen LogP contribution in [0.4, 0.5) is 0 Å². The third-order valence-corrected chi connectivity index (χ3v) is 3.55. The molecule has 2 nitrogen and oxygen atoms in total. The maximum absolute atomic E-state index is 6.07. The number of rotatable bonds is 2. The summed E-state index contributed by atoms with van der Waals surface area (Å²) in [6, 6.07) is 24.3. The van der Waals surface area contributed by atoms with Crippen molar-refractivity contribution in [1.29, 1.82) is 0 Å². The van der Waals surface area contributed by atoms with E-state index in [0.29, 0.717) is 0 Å². The molecule has 0 aliphatic heterocycles. The molecule has 1 aromatic heterocycles. The van der Waals surface area contributed by atoms with Crippen molar-refractivity contribution in [2.75, 3.05) is 0 Å². The van der Waals surface area contributed by atoms with Crippen molar-refractivity contribution >= 4 is 21.7 Å². The van der Waals surface area contributed by atoms with E-state index in [4.69, 9.17) is 4.74 Å². The van der Waals surface area contributed by atoms with Crippen molar-refractivity contribution in [2.24, 2.45) is 0 Å². The van der Waals surface area contributed by atoms with E-state index in [1.54, 1.807) is 6.20 Å². The van der Waals surface area contributed by atoms with Crippen LogP contribution >= 0.6 is 0 Å². The van der Waals surface area contributed by atoms with Gasteiger partial charge in [0.05, 0.1) is 5.52 Å². The lowest BCUT2D eigenvalue weighted by Crippen LogP contribution is -1.86. The molecule has 4 aromatic rings. The molecule has 0 fully saturated rings. The lowest BCUT2D eigenvalue weighted by atomic mass is 10.1. The van der Waals surface area contributed by atoms with Crippen molar-refractivity contribution < 1.29 is 4.74 Å². The van der Waals surface area contributed by atoms with E-state index in [1.165, 1.54) is 5.39 Å². The summed E-state index contributed by atoms with van der Waals surface area (Å²) in [6.07, 6.45) is 1.80. The summed E-state index contributed by atoms with van der Waals surface area (Å²) in [5.74, 6) is 1.70. The zero-order valence-electron chi connectivity index (χ0n) is 11.4. The first-order valence-corrected chi connectivity index (χ1v) is 6.90. The van der Waals surface area contributed by atoms with Gasteiger partial charge in [-0.05, 0) is 35.7 Å². The van der Waals surface area contributed by atoms with Gasteiger partial charge in [0.2, 0.25) is 0 Å². The van der Waals surface area contributed by atoms with Gasteiger partial charge < -0.3 is 4.74 Å². The van der Waals surface area contributed by atoms with Crippen LogP contribution in [-0.4, -0.2) is 4.98 Å². The normalized spacial score (nSPS) is 10.9. The molecule has 21 heavy (non-hydrogen) atoms. The Kier molecular flexibility index (Phi) is 2.79. The topological polar surface area (TPSA) is 22.1 Å². The standard InChI is InChI=1S/C19H13NO/c1-2-8-17-14(5-1)6-3-9-19(17)21-16-10-11-18-15(13-16)7-4-12-20-18/h1-13H. The summed E-state index contributed by atoms with van der Waals surface area (Å²) in [4.78, 5) is 4.32. The third kappa shape index (κ3) is 2.21. The molecule has 0 amide bonds. The van der Waals surface area contributed by atoms with Crippen molar-refractivity contribution in [2.45, 2.75) is 0 Å². The zero-order valence-corrected chi connectivity index (χ0v) is 11.4. The number of hydrogen-bond donors (Lipinski definition) is 0. The minimum atomic E-state index is 0.826. The molecular weight excluding hydrogens is 258 g/mol. The van der Waals surface area contributed by atoms with Crippen LogP contribution in [-0.2, 0) is 0 Å². The number of nitrogens with zero attached hydrogens (tertiary/aromatic N) is 1. The molecule has 4 rings (SSSR count). The summed E-state index contributed by atoms with van der Waals surface area (Å²) in [5, 5.41) is 3.37. The molecule has 1 heterocycles. The molecule has 0 spiro atoms. The average molecular weight is 271 g/mol. The monoisotopic (exact) mass is 271 g/mol. The second-order valence-electron chi connectivity index (χ2n) is 4.94. The molecule has 0 aliphatic carbocycles. The highest BCUT2D eigenvalue weighted by Crippen LogP contribution is 2.30. The second-order valence-corrected chi connectivity index (χ2v) is 4.94. The Morgan fingerprint density at radius 1 is 0.714 bits per heavy atom. The highest BCUT2D eigenvalue weighted by atomic mass is 16.5. The number of fused-ring (bicyclic) bond motifs is 2. The number of hydrogen-bond acceptors (Lipinski definition) is 2. The maximum atomic E-state index is 6.07. The summed E-state index contributed by atoms with van der Waals surface area (Å²) in [7, 11) is 0. The molecule has 100 valence electrons. The summed E-state index contributed by atoms with van der Waals surface area (Å²) >= 11 is 0. The minimum Gasteiger partial charge on any atom is -0.457 e. The van der Waals surface area contributed by atoms with Gasteiger partial charge in [0.1, 0.15) is 11.5 Å². The zero-order chi connectivity index (χ0) is 14.1. The van der Waals surface area contributed by atoms with Gasteiger partial charge in [-0.25, -0.2) is 0 Å².